The summed E-state index contributed by atoms with van der Waals surface area (Å²) in [6.07, 6.45) is 1.81. The molecule has 0 spiro atoms. The molecule has 0 fully saturated rings. The highest BCUT2D eigenvalue weighted by Crippen LogP contribution is 2.17. The number of carbonyl (C=O) groups excluding carboxylic acids is 1. The van der Waals surface area contributed by atoms with Gasteiger partial charge in [-0.15, -0.1) is 0 Å². The normalized spacial score (nSPS) is 12.1. The minimum atomic E-state index is -1.22. The van der Waals surface area contributed by atoms with Crippen LogP contribution in [0.4, 0.5) is 5.69 Å². The highest BCUT2D eigenvalue weighted by molar-refractivity contribution is 5.95. The molecule has 6 heteroatoms. The number of nitrogens with zero attached hydrogens (tertiary/aromatic N) is 2. The predicted molar refractivity (Wildman–Crippen MR) is 71.4 cm³/mol. The summed E-state index contributed by atoms with van der Waals surface area (Å²) in [6, 6.07) is 7.71. The van der Waals surface area contributed by atoms with Gasteiger partial charge in [0.25, 0.3) is 11.9 Å². The third-order valence-corrected chi connectivity index (χ3v) is 2.82. The number of amides is 1. The monoisotopic (exact) mass is 259 g/mol. The van der Waals surface area contributed by atoms with E-state index in [9.17, 15) is 14.9 Å². The van der Waals surface area contributed by atoms with Crippen molar-refractivity contribution in [2.45, 2.75) is 19.4 Å². The molecule has 1 unspecified atom stereocenters. The van der Waals surface area contributed by atoms with Crippen molar-refractivity contribution in [1.29, 1.82) is 0 Å². The van der Waals surface area contributed by atoms with Crippen LogP contribution in [0.5, 0.6) is 0 Å². The molecule has 0 radical (unpaired) electrons. The summed E-state index contributed by atoms with van der Waals surface area (Å²) < 4.78 is 0. The molecule has 1 atom stereocenters. The SMILES string of the molecule is CCC(C(=O)Nc1ccc2cccnc2c1)[N+](=O)[O-]. The molecule has 1 heterocycles. The van der Waals surface area contributed by atoms with E-state index >= 15 is 0 Å². The summed E-state index contributed by atoms with van der Waals surface area (Å²) >= 11 is 0. The van der Waals surface area contributed by atoms with Crippen molar-refractivity contribution in [3.8, 4) is 0 Å². The Bertz CT molecular complexity index is 627. The number of nitro groups is 1. The van der Waals surface area contributed by atoms with Crippen molar-refractivity contribution in [3.63, 3.8) is 0 Å². The predicted octanol–water partition coefficient (Wildman–Crippen LogP) is 2.23. The fraction of sp³-hybridized carbons (Fsp3) is 0.231. The molecule has 19 heavy (non-hydrogen) atoms. The number of fused-ring (bicyclic) bond motifs is 1. The van der Waals surface area contributed by atoms with Gasteiger partial charge in [0, 0.05) is 28.6 Å². The standard InChI is InChI=1S/C13H13N3O3/c1-2-12(16(18)19)13(17)15-10-6-5-9-4-3-7-14-11(9)8-10/h3-8,12H,2H2,1H3,(H,15,17). The Morgan fingerprint density at radius 2 is 2.26 bits per heavy atom. The topological polar surface area (TPSA) is 85.1 Å². The smallest absolute Gasteiger partial charge is 0.299 e. The van der Waals surface area contributed by atoms with E-state index in [4.69, 9.17) is 0 Å². The van der Waals surface area contributed by atoms with E-state index in [0.717, 1.165) is 10.9 Å². The molecule has 0 aliphatic heterocycles. The number of nitrogens with one attached hydrogen (secondary N) is 1. The first-order chi connectivity index (χ1) is 9.11. The van der Waals surface area contributed by atoms with Crippen LogP contribution in [0.2, 0.25) is 0 Å². The van der Waals surface area contributed by atoms with Crippen LogP contribution in [0.1, 0.15) is 13.3 Å². The van der Waals surface area contributed by atoms with Crippen molar-refractivity contribution in [3.05, 3.63) is 46.6 Å². The van der Waals surface area contributed by atoms with Crippen LogP contribution in [0.3, 0.4) is 0 Å². The molecule has 98 valence electrons. The van der Waals surface area contributed by atoms with Gasteiger partial charge in [0.1, 0.15) is 0 Å². The first-order valence-corrected chi connectivity index (χ1v) is 5.91. The zero-order chi connectivity index (χ0) is 13.8. The Morgan fingerprint density at radius 1 is 1.47 bits per heavy atom. The molecule has 0 saturated carbocycles. The van der Waals surface area contributed by atoms with Gasteiger partial charge in [-0.1, -0.05) is 19.1 Å². The van der Waals surface area contributed by atoms with E-state index in [1.165, 1.54) is 0 Å². The third kappa shape index (κ3) is 2.85. The molecule has 6 nitrogen and oxygen atoms in total. The number of rotatable bonds is 4. The second-order valence-electron chi connectivity index (χ2n) is 4.11. The van der Waals surface area contributed by atoms with E-state index in [0.29, 0.717) is 5.69 Å². The minimum Gasteiger partial charge on any atom is -0.320 e. The third-order valence-electron chi connectivity index (χ3n) is 2.82. The maximum atomic E-state index is 11.7. The van der Waals surface area contributed by atoms with Crippen molar-refractivity contribution in [2.24, 2.45) is 0 Å². The molecular formula is C13H13N3O3. The quantitative estimate of drug-likeness (QED) is 0.674. The van der Waals surface area contributed by atoms with Crippen molar-refractivity contribution in [1.82, 2.24) is 4.98 Å². The van der Waals surface area contributed by atoms with Gasteiger partial charge >= 0.3 is 0 Å². The van der Waals surface area contributed by atoms with E-state index in [-0.39, 0.29) is 6.42 Å². The minimum absolute atomic E-state index is 0.157. The van der Waals surface area contributed by atoms with Crippen LogP contribution in [-0.2, 0) is 4.79 Å². The zero-order valence-corrected chi connectivity index (χ0v) is 10.4. The number of anilines is 1. The first kappa shape index (κ1) is 12.9. The molecule has 1 N–H and O–H groups in total. The average Bonchev–Trinajstić information content (AvgIpc) is 2.39. The van der Waals surface area contributed by atoms with Crippen LogP contribution in [0.15, 0.2) is 36.5 Å². The zero-order valence-electron chi connectivity index (χ0n) is 10.4. The van der Waals surface area contributed by atoms with E-state index in [2.05, 4.69) is 10.3 Å². The van der Waals surface area contributed by atoms with E-state index in [1.807, 2.05) is 18.2 Å². The first-order valence-electron chi connectivity index (χ1n) is 5.91. The molecule has 1 aromatic heterocycles. The molecule has 2 rings (SSSR count). The lowest BCUT2D eigenvalue weighted by Gasteiger charge is -2.08. The fourth-order valence-electron chi connectivity index (χ4n) is 1.80. The van der Waals surface area contributed by atoms with Crippen molar-refractivity contribution >= 4 is 22.5 Å². The summed E-state index contributed by atoms with van der Waals surface area (Å²) in [5.74, 6) is -0.609. The summed E-state index contributed by atoms with van der Waals surface area (Å²) in [4.78, 5) is 26.0. The Morgan fingerprint density at radius 3 is 2.95 bits per heavy atom. The number of benzene rings is 1. The number of aromatic nitrogens is 1. The number of hydrogen-bond acceptors (Lipinski definition) is 4. The molecule has 1 aromatic carbocycles. The molecule has 0 bridgehead atoms. The van der Waals surface area contributed by atoms with E-state index in [1.54, 1.807) is 25.3 Å². The van der Waals surface area contributed by atoms with Gasteiger partial charge < -0.3 is 5.32 Å². The van der Waals surface area contributed by atoms with Crippen molar-refractivity contribution < 1.29 is 9.72 Å². The molecule has 0 aliphatic rings. The number of carbonyl (C=O) groups is 1. The highest BCUT2D eigenvalue weighted by atomic mass is 16.6. The van der Waals surface area contributed by atoms with Gasteiger partial charge in [-0.05, 0) is 18.2 Å². The summed E-state index contributed by atoms with van der Waals surface area (Å²) in [7, 11) is 0. The van der Waals surface area contributed by atoms with Crippen LogP contribution in [0.25, 0.3) is 10.9 Å². The molecular weight excluding hydrogens is 246 g/mol. The van der Waals surface area contributed by atoms with Gasteiger partial charge in [-0.3, -0.25) is 19.9 Å². The molecule has 1 amide bonds. The maximum absolute atomic E-state index is 11.7. The Balaban J connectivity index is 2.21. The van der Waals surface area contributed by atoms with E-state index < -0.39 is 16.9 Å². The molecule has 2 aromatic rings. The van der Waals surface area contributed by atoms with Gasteiger partial charge in [-0.2, -0.15) is 0 Å². The Labute approximate surface area is 109 Å². The summed E-state index contributed by atoms with van der Waals surface area (Å²) in [5, 5.41) is 14.2. The van der Waals surface area contributed by atoms with Crippen LogP contribution in [0, 0.1) is 10.1 Å². The lowest BCUT2D eigenvalue weighted by atomic mass is 10.2. The van der Waals surface area contributed by atoms with Crippen LogP contribution in [-0.4, -0.2) is 21.9 Å². The van der Waals surface area contributed by atoms with Gasteiger partial charge in [-0.25, -0.2) is 0 Å². The largest absolute Gasteiger partial charge is 0.320 e. The summed E-state index contributed by atoms with van der Waals surface area (Å²) in [5.41, 5.74) is 1.24. The average molecular weight is 259 g/mol. The maximum Gasteiger partial charge on any atom is 0.299 e. The van der Waals surface area contributed by atoms with Crippen molar-refractivity contribution in [2.75, 3.05) is 5.32 Å². The van der Waals surface area contributed by atoms with Gasteiger partial charge in [0.2, 0.25) is 0 Å². The highest BCUT2D eigenvalue weighted by Gasteiger charge is 2.27. The lowest BCUT2D eigenvalue weighted by Crippen LogP contribution is -2.33. The molecule has 0 aliphatic carbocycles. The number of hydrogen-bond donors (Lipinski definition) is 1. The molecule has 0 saturated heterocycles. The summed E-state index contributed by atoms with van der Waals surface area (Å²) in [6.45, 7) is 1.61. The van der Waals surface area contributed by atoms with Crippen LogP contribution >= 0.6 is 0 Å². The van der Waals surface area contributed by atoms with Crippen LogP contribution < -0.4 is 5.32 Å². The fourth-order valence-corrected chi connectivity index (χ4v) is 1.80. The van der Waals surface area contributed by atoms with Gasteiger partial charge in [0.15, 0.2) is 0 Å². The second-order valence-corrected chi connectivity index (χ2v) is 4.11. The second kappa shape index (κ2) is 5.43. The lowest BCUT2D eigenvalue weighted by molar-refractivity contribution is -0.507. The number of pyridine rings is 1. The Kier molecular flexibility index (Phi) is 3.70. The van der Waals surface area contributed by atoms with Gasteiger partial charge in [0.05, 0.1) is 5.52 Å². The Hall–Kier alpha value is -2.50.